The molecule has 0 saturated carbocycles. The molecule has 8 heterocycles. The lowest BCUT2D eigenvalue weighted by atomic mass is 9.94. The molecular formula is C41H27N7. The van der Waals surface area contributed by atoms with Gasteiger partial charge in [-0.05, 0) is 103 Å². The highest BCUT2D eigenvalue weighted by Crippen LogP contribution is 2.40. The van der Waals surface area contributed by atoms with Gasteiger partial charge >= 0.3 is 0 Å². The normalized spacial score (nSPS) is 16.8. The van der Waals surface area contributed by atoms with Crippen molar-refractivity contribution in [2.75, 3.05) is 0 Å². The number of hydrogen-bond donors (Lipinski definition) is 1. The Bertz CT molecular complexity index is 2200. The average molecular weight is 618 g/mol. The van der Waals surface area contributed by atoms with Crippen molar-refractivity contribution in [3.05, 3.63) is 203 Å². The quantitative estimate of drug-likeness (QED) is 0.221. The standard InChI is InChI=1S/C41H27N7/c1-5-21-42-28(9-1)38-26-13-14-27(25-26)39(29-10-2-6-22-43-29)33-16-18-35(47-33)41(31-12-4-8-24-45-31)37-20-19-36(48-37)40(30-11-3-7-23-44-30)34-17-15-32(38)46-34/h1-24,48H,25H2. The summed E-state index contributed by atoms with van der Waals surface area (Å²) >= 11 is 0. The highest BCUT2D eigenvalue weighted by Gasteiger charge is 2.27. The molecule has 1 N–H and O–H groups in total. The number of pyridine rings is 4. The van der Waals surface area contributed by atoms with Gasteiger partial charge in [-0.1, -0.05) is 36.4 Å². The first-order valence-electron chi connectivity index (χ1n) is 15.8. The molecule has 1 aliphatic carbocycles. The smallest absolute Gasteiger partial charge is 0.0753 e. The number of rotatable bonds is 4. The molecule has 48 heavy (non-hydrogen) atoms. The fraction of sp³-hybridized carbons (Fsp3) is 0.0244. The van der Waals surface area contributed by atoms with Gasteiger partial charge in [-0.25, -0.2) is 9.98 Å². The summed E-state index contributed by atoms with van der Waals surface area (Å²) in [6.07, 6.45) is 20.7. The number of aliphatic imine (C=N–C) groups is 2. The number of nitrogens with zero attached hydrogens (tertiary/aromatic N) is 6. The number of H-pyrrole nitrogens is 1. The third-order valence-electron chi connectivity index (χ3n) is 8.72. The molecule has 0 unspecified atom stereocenters. The summed E-state index contributed by atoms with van der Waals surface area (Å²) in [5.41, 5.74) is 14.6. The van der Waals surface area contributed by atoms with E-state index in [1.165, 1.54) is 0 Å². The minimum atomic E-state index is 0.674. The third-order valence-corrected chi connectivity index (χ3v) is 8.72. The zero-order valence-corrected chi connectivity index (χ0v) is 25.7. The van der Waals surface area contributed by atoms with E-state index >= 15 is 0 Å². The largest absolute Gasteiger partial charge is 0.354 e. The maximum absolute atomic E-state index is 5.28. The summed E-state index contributed by atoms with van der Waals surface area (Å²) < 4.78 is 0. The lowest BCUT2D eigenvalue weighted by Crippen LogP contribution is -2.04. The van der Waals surface area contributed by atoms with Crippen LogP contribution in [0.5, 0.6) is 0 Å². The lowest BCUT2D eigenvalue weighted by Gasteiger charge is -2.13. The Labute approximate surface area is 277 Å². The molecule has 0 fully saturated rings. The number of allylic oxidation sites excluding steroid dienone is 10. The van der Waals surface area contributed by atoms with Gasteiger partial charge in [0.05, 0.1) is 57.0 Å². The summed E-state index contributed by atoms with van der Waals surface area (Å²) in [6.45, 7) is 0. The maximum atomic E-state index is 5.28. The van der Waals surface area contributed by atoms with Crippen LogP contribution in [0.1, 0.15) is 40.6 Å². The van der Waals surface area contributed by atoms with Crippen molar-refractivity contribution >= 4 is 33.7 Å². The number of fused-ring (bicyclic) bond motifs is 6. The van der Waals surface area contributed by atoms with Crippen LogP contribution < -0.4 is 0 Å². The van der Waals surface area contributed by atoms with Crippen LogP contribution in [0.15, 0.2) is 179 Å². The summed E-state index contributed by atoms with van der Waals surface area (Å²) in [5.74, 6) is 0. The monoisotopic (exact) mass is 617 g/mol. The van der Waals surface area contributed by atoms with Crippen LogP contribution in [-0.2, 0) is 0 Å². The number of nitrogens with one attached hydrogen (secondary N) is 1. The van der Waals surface area contributed by atoms with Gasteiger partial charge in [0.2, 0.25) is 0 Å². The molecule has 9 rings (SSSR count). The first-order valence-corrected chi connectivity index (χ1v) is 15.8. The Hall–Kier alpha value is -6.60. The zero-order valence-electron chi connectivity index (χ0n) is 25.7. The summed E-state index contributed by atoms with van der Waals surface area (Å²) in [6, 6.07) is 28.1. The van der Waals surface area contributed by atoms with E-state index in [0.717, 1.165) is 90.4 Å². The van der Waals surface area contributed by atoms with Gasteiger partial charge in [0, 0.05) is 47.1 Å². The van der Waals surface area contributed by atoms with Crippen LogP contribution in [0.3, 0.4) is 0 Å². The molecule has 0 atom stereocenters. The second-order valence-electron chi connectivity index (χ2n) is 11.6. The molecule has 4 aliphatic rings. The Balaban J connectivity index is 1.36. The molecule has 7 heteroatoms. The highest BCUT2D eigenvalue weighted by atomic mass is 14.9. The molecule has 8 bridgehead atoms. The summed E-state index contributed by atoms with van der Waals surface area (Å²) in [5, 5.41) is 0. The van der Waals surface area contributed by atoms with Gasteiger partial charge in [0.25, 0.3) is 0 Å². The van der Waals surface area contributed by atoms with Crippen molar-refractivity contribution in [2.24, 2.45) is 9.98 Å². The first-order chi connectivity index (χ1) is 23.8. The van der Waals surface area contributed by atoms with Gasteiger partial charge < -0.3 is 4.98 Å². The van der Waals surface area contributed by atoms with Gasteiger partial charge in [-0.15, -0.1) is 0 Å². The predicted octanol–water partition coefficient (Wildman–Crippen LogP) is 8.02. The van der Waals surface area contributed by atoms with Crippen LogP contribution in [-0.4, -0.2) is 36.3 Å². The van der Waals surface area contributed by atoms with Crippen molar-refractivity contribution in [2.45, 2.75) is 6.42 Å². The van der Waals surface area contributed by atoms with Crippen molar-refractivity contribution in [3.63, 3.8) is 0 Å². The van der Waals surface area contributed by atoms with E-state index in [4.69, 9.17) is 29.9 Å². The molecule has 5 aromatic rings. The highest BCUT2D eigenvalue weighted by molar-refractivity contribution is 6.33. The average Bonchev–Trinajstić information content (AvgIpc) is 3.98. The molecule has 0 spiro atoms. The summed E-state index contributed by atoms with van der Waals surface area (Å²) in [7, 11) is 0. The van der Waals surface area contributed by atoms with Crippen LogP contribution in [0.2, 0.25) is 0 Å². The summed E-state index contributed by atoms with van der Waals surface area (Å²) in [4.78, 5) is 33.4. The number of hydrogen-bond acceptors (Lipinski definition) is 6. The molecule has 3 aliphatic heterocycles. The molecule has 0 saturated heterocycles. The minimum Gasteiger partial charge on any atom is -0.354 e. The van der Waals surface area contributed by atoms with Gasteiger partial charge in [-0.3, -0.25) is 19.9 Å². The number of aromatic nitrogens is 5. The Kier molecular flexibility index (Phi) is 6.72. The third kappa shape index (κ3) is 4.85. The molecule has 0 aromatic carbocycles. The van der Waals surface area contributed by atoms with E-state index in [0.29, 0.717) is 6.42 Å². The fourth-order valence-electron chi connectivity index (χ4n) is 6.61. The second kappa shape index (κ2) is 11.6. The van der Waals surface area contributed by atoms with E-state index in [1.54, 1.807) is 0 Å². The molecular weight excluding hydrogens is 591 g/mol. The van der Waals surface area contributed by atoms with E-state index in [9.17, 15) is 0 Å². The van der Waals surface area contributed by atoms with Crippen LogP contribution >= 0.6 is 0 Å². The Morgan fingerprint density at radius 3 is 1.17 bits per heavy atom. The fourth-order valence-corrected chi connectivity index (χ4v) is 6.61. The van der Waals surface area contributed by atoms with E-state index in [1.807, 2.05) is 97.6 Å². The van der Waals surface area contributed by atoms with Crippen molar-refractivity contribution in [1.82, 2.24) is 24.9 Å². The molecule has 226 valence electrons. The van der Waals surface area contributed by atoms with Crippen molar-refractivity contribution in [3.8, 4) is 0 Å². The lowest BCUT2D eigenvalue weighted by molar-refractivity contribution is 1.20. The zero-order chi connectivity index (χ0) is 31.9. The van der Waals surface area contributed by atoms with Crippen molar-refractivity contribution < 1.29 is 0 Å². The van der Waals surface area contributed by atoms with E-state index in [2.05, 4.69) is 53.6 Å². The van der Waals surface area contributed by atoms with E-state index < -0.39 is 0 Å². The second-order valence-corrected chi connectivity index (χ2v) is 11.6. The topological polar surface area (TPSA) is 92.1 Å². The van der Waals surface area contributed by atoms with Crippen LogP contribution in [0.25, 0.3) is 22.3 Å². The Morgan fingerprint density at radius 1 is 0.396 bits per heavy atom. The van der Waals surface area contributed by atoms with Crippen LogP contribution in [0, 0.1) is 0 Å². The van der Waals surface area contributed by atoms with Gasteiger partial charge in [0.15, 0.2) is 0 Å². The van der Waals surface area contributed by atoms with E-state index in [-0.39, 0.29) is 0 Å². The van der Waals surface area contributed by atoms with Gasteiger partial charge in [-0.2, -0.15) is 0 Å². The predicted molar refractivity (Wildman–Crippen MR) is 191 cm³/mol. The van der Waals surface area contributed by atoms with Crippen molar-refractivity contribution in [1.29, 1.82) is 0 Å². The minimum absolute atomic E-state index is 0.674. The first kappa shape index (κ1) is 27.7. The van der Waals surface area contributed by atoms with Gasteiger partial charge in [0.1, 0.15) is 0 Å². The van der Waals surface area contributed by atoms with Crippen LogP contribution in [0.4, 0.5) is 0 Å². The molecule has 7 nitrogen and oxygen atoms in total. The molecule has 0 radical (unpaired) electrons. The maximum Gasteiger partial charge on any atom is 0.0753 e. The number of aromatic amines is 1. The molecule has 0 amide bonds. The SMILES string of the molecule is C1=CC2=C(c3ccccn3)c3ccc([nH]3)C(c3ccccn3)=C3C=CC(=N3)C(c3ccccn3)=C3C=CC(=C(c4ccccn4)C1=N2)C3. The molecule has 5 aromatic heterocycles. The Morgan fingerprint density at radius 2 is 0.792 bits per heavy atom.